The molecule has 2 aliphatic heterocycles. The number of thioether (sulfide) groups is 1. The third kappa shape index (κ3) is 2.69. The molecule has 0 spiro atoms. The molecule has 0 radical (unpaired) electrons. The monoisotopic (exact) mass is 251 g/mol. The second-order valence-corrected chi connectivity index (χ2v) is 5.64. The highest BCUT2D eigenvalue weighted by Crippen LogP contribution is 2.31. The number of hydrogen-bond donors (Lipinski definition) is 0. The predicted octanol–water partition coefficient (Wildman–Crippen LogP) is 1.88. The van der Waals surface area contributed by atoms with Gasteiger partial charge in [-0.2, -0.15) is 11.8 Å². The van der Waals surface area contributed by atoms with Crippen LogP contribution in [0.5, 0.6) is 11.5 Å². The van der Waals surface area contributed by atoms with E-state index in [9.17, 15) is 0 Å². The fourth-order valence-corrected chi connectivity index (χ4v) is 3.20. The largest absolute Gasteiger partial charge is 0.486 e. The number of fused-ring (bicyclic) bond motifs is 1. The van der Waals surface area contributed by atoms with Gasteiger partial charge in [-0.15, -0.1) is 0 Å². The van der Waals surface area contributed by atoms with Crippen molar-refractivity contribution >= 4 is 11.8 Å². The van der Waals surface area contributed by atoms with Gasteiger partial charge in [-0.1, -0.05) is 12.1 Å². The third-order valence-corrected chi connectivity index (χ3v) is 4.08. The van der Waals surface area contributed by atoms with Crippen molar-refractivity contribution in [2.75, 3.05) is 37.7 Å². The van der Waals surface area contributed by atoms with Crippen molar-refractivity contribution in [3.05, 3.63) is 24.3 Å². The maximum Gasteiger partial charge on any atom is 0.161 e. The smallest absolute Gasteiger partial charge is 0.161 e. The van der Waals surface area contributed by atoms with Crippen molar-refractivity contribution in [2.24, 2.45) is 0 Å². The molecule has 0 aliphatic carbocycles. The summed E-state index contributed by atoms with van der Waals surface area (Å²) in [6.07, 6.45) is 0.174. The number of para-hydroxylation sites is 2. The Morgan fingerprint density at radius 1 is 1.18 bits per heavy atom. The number of benzene rings is 1. The molecule has 0 amide bonds. The lowest BCUT2D eigenvalue weighted by molar-refractivity contribution is 0.0614. The number of hydrogen-bond acceptors (Lipinski definition) is 4. The average Bonchev–Trinajstić information content (AvgIpc) is 2.40. The zero-order chi connectivity index (χ0) is 11.5. The molecule has 1 unspecified atom stereocenters. The molecule has 0 N–H and O–H groups in total. The van der Waals surface area contributed by atoms with E-state index in [4.69, 9.17) is 9.47 Å². The first kappa shape index (κ1) is 11.2. The Hall–Kier alpha value is -0.870. The number of nitrogens with zero attached hydrogens (tertiary/aromatic N) is 1. The Kier molecular flexibility index (Phi) is 3.43. The quantitative estimate of drug-likeness (QED) is 0.800. The van der Waals surface area contributed by atoms with E-state index in [-0.39, 0.29) is 6.10 Å². The molecule has 0 saturated carbocycles. The number of rotatable bonds is 2. The van der Waals surface area contributed by atoms with E-state index in [0.717, 1.165) is 18.0 Å². The molecule has 1 fully saturated rings. The van der Waals surface area contributed by atoms with Crippen LogP contribution in [0.1, 0.15) is 0 Å². The lowest BCUT2D eigenvalue weighted by atomic mass is 10.2. The molecular weight excluding hydrogens is 234 g/mol. The number of ether oxygens (including phenoxy) is 2. The lowest BCUT2D eigenvalue weighted by Gasteiger charge is -2.32. The van der Waals surface area contributed by atoms with Crippen molar-refractivity contribution in [1.29, 1.82) is 0 Å². The fraction of sp³-hybridized carbons (Fsp3) is 0.538. The highest BCUT2D eigenvalue weighted by Gasteiger charge is 2.23. The molecule has 17 heavy (non-hydrogen) atoms. The molecule has 0 aromatic heterocycles. The molecule has 2 aliphatic rings. The SMILES string of the molecule is c1ccc2c(c1)OCC(CN1CCSCC1)O2. The van der Waals surface area contributed by atoms with E-state index in [2.05, 4.69) is 4.90 Å². The van der Waals surface area contributed by atoms with E-state index in [1.807, 2.05) is 36.0 Å². The first-order chi connectivity index (χ1) is 8.42. The first-order valence-corrected chi connectivity index (χ1v) is 7.26. The Morgan fingerprint density at radius 2 is 1.94 bits per heavy atom. The maximum atomic E-state index is 5.96. The summed E-state index contributed by atoms with van der Waals surface area (Å²) in [5, 5.41) is 0. The Labute approximate surface area is 106 Å². The predicted molar refractivity (Wildman–Crippen MR) is 70.1 cm³/mol. The van der Waals surface area contributed by atoms with E-state index in [1.165, 1.54) is 24.6 Å². The second-order valence-electron chi connectivity index (χ2n) is 4.41. The molecule has 4 heteroatoms. The normalized spacial score (nSPS) is 24.6. The van der Waals surface area contributed by atoms with Gasteiger partial charge in [-0.05, 0) is 12.1 Å². The van der Waals surface area contributed by atoms with Gasteiger partial charge in [0.05, 0.1) is 0 Å². The summed E-state index contributed by atoms with van der Waals surface area (Å²) in [6, 6.07) is 7.91. The lowest BCUT2D eigenvalue weighted by Crippen LogP contribution is -2.44. The summed E-state index contributed by atoms with van der Waals surface area (Å²) >= 11 is 2.04. The minimum absolute atomic E-state index is 0.174. The molecule has 3 rings (SSSR count). The van der Waals surface area contributed by atoms with Gasteiger partial charge in [0.2, 0.25) is 0 Å². The first-order valence-electron chi connectivity index (χ1n) is 6.10. The van der Waals surface area contributed by atoms with Gasteiger partial charge in [0.1, 0.15) is 12.7 Å². The summed E-state index contributed by atoms with van der Waals surface area (Å²) in [4.78, 5) is 2.47. The Bertz CT molecular complexity index is 379. The minimum atomic E-state index is 0.174. The van der Waals surface area contributed by atoms with E-state index in [0.29, 0.717) is 6.61 Å². The standard InChI is InChI=1S/C13H17NO2S/c1-2-4-13-12(3-1)15-10-11(16-13)9-14-5-7-17-8-6-14/h1-4,11H,5-10H2. The zero-order valence-corrected chi connectivity index (χ0v) is 10.6. The van der Waals surface area contributed by atoms with Gasteiger partial charge in [-0.3, -0.25) is 4.90 Å². The van der Waals surface area contributed by atoms with Crippen LogP contribution in [0.25, 0.3) is 0 Å². The van der Waals surface area contributed by atoms with Crippen LogP contribution in [0.2, 0.25) is 0 Å². The molecule has 1 atom stereocenters. The summed E-state index contributed by atoms with van der Waals surface area (Å²) in [5.41, 5.74) is 0. The van der Waals surface area contributed by atoms with Crippen molar-refractivity contribution < 1.29 is 9.47 Å². The molecule has 2 heterocycles. The van der Waals surface area contributed by atoms with Gasteiger partial charge < -0.3 is 9.47 Å². The van der Waals surface area contributed by atoms with Crippen LogP contribution in [-0.2, 0) is 0 Å². The van der Waals surface area contributed by atoms with Crippen molar-refractivity contribution in [1.82, 2.24) is 4.90 Å². The zero-order valence-electron chi connectivity index (χ0n) is 9.80. The molecule has 1 aromatic carbocycles. The highest BCUT2D eigenvalue weighted by molar-refractivity contribution is 7.99. The third-order valence-electron chi connectivity index (χ3n) is 3.13. The topological polar surface area (TPSA) is 21.7 Å². The Balaban J connectivity index is 1.60. The van der Waals surface area contributed by atoms with Crippen LogP contribution >= 0.6 is 11.8 Å². The minimum Gasteiger partial charge on any atom is -0.486 e. The van der Waals surface area contributed by atoms with Crippen molar-refractivity contribution in [3.63, 3.8) is 0 Å². The molecular formula is C13H17NO2S. The van der Waals surface area contributed by atoms with Gasteiger partial charge in [0, 0.05) is 31.1 Å². The van der Waals surface area contributed by atoms with Gasteiger partial charge >= 0.3 is 0 Å². The molecule has 92 valence electrons. The summed E-state index contributed by atoms with van der Waals surface area (Å²) in [5.74, 6) is 4.24. The second kappa shape index (κ2) is 5.19. The molecule has 1 saturated heterocycles. The summed E-state index contributed by atoms with van der Waals surface area (Å²) < 4.78 is 11.7. The van der Waals surface area contributed by atoms with E-state index in [1.54, 1.807) is 0 Å². The summed E-state index contributed by atoms with van der Waals surface area (Å²) in [6.45, 7) is 3.99. The van der Waals surface area contributed by atoms with Crippen LogP contribution in [0.4, 0.5) is 0 Å². The van der Waals surface area contributed by atoms with Crippen LogP contribution in [0, 0.1) is 0 Å². The average molecular weight is 251 g/mol. The highest BCUT2D eigenvalue weighted by atomic mass is 32.2. The summed E-state index contributed by atoms with van der Waals surface area (Å²) in [7, 11) is 0. The van der Waals surface area contributed by atoms with Crippen LogP contribution in [0.15, 0.2) is 24.3 Å². The van der Waals surface area contributed by atoms with E-state index >= 15 is 0 Å². The van der Waals surface area contributed by atoms with Crippen LogP contribution in [0.3, 0.4) is 0 Å². The Morgan fingerprint density at radius 3 is 2.76 bits per heavy atom. The molecule has 3 nitrogen and oxygen atoms in total. The van der Waals surface area contributed by atoms with Crippen molar-refractivity contribution in [3.8, 4) is 11.5 Å². The van der Waals surface area contributed by atoms with Gasteiger partial charge in [0.25, 0.3) is 0 Å². The molecule has 1 aromatic rings. The maximum absolute atomic E-state index is 5.96. The van der Waals surface area contributed by atoms with Crippen LogP contribution < -0.4 is 9.47 Å². The van der Waals surface area contributed by atoms with Gasteiger partial charge in [0.15, 0.2) is 11.5 Å². The van der Waals surface area contributed by atoms with E-state index < -0.39 is 0 Å². The van der Waals surface area contributed by atoms with Crippen molar-refractivity contribution in [2.45, 2.75) is 6.10 Å². The van der Waals surface area contributed by atoms with Gasteiger partial charge in [-0.25, -0.2) is 0 Å². The fourth-order valence-electron chi connectivity index (χ4n) is 2.22. The van der Waals surface area contributed by atoms with Crippen LogP contribution in [-0.4, -0.2) is 48.8 Å². The molecule has 0 bridgehead atoms.